The second kappa shape index (κ2) is 7.52. The smallest absolute Gasteiger partial charge is 0.253 e. The summed E-state index contributed by atoms with van der Waals surface area (Å²) in [5.74, 6) is 3.51. The molecule has 1 amide bonds. The molecule has 0 radical (unpaired) electrons. The van der Waals surface area contributed by atoms with Crippen LogP contribution >= 0.6 is 0 Å². The number of likely N-dealkylation sites (tertiary alicyclic amines) is 1. The fourth-order valence-corrected chi connectivity index (χ4v) is 4.77. The van der Waals surface area contributed by atoms with Crippen molar-refractivity contribution in [1.29, 1.82) is 0 Å². The summed E-state index contributed by atoms with van der Waals surface area (Å²) in [6.07, 6.45) is 3.01. The molecule has 6 heteroatoms. The zero-order chi connectivity index (χ0) is 20.7. The molecule has 2 aliphatic heterocycles. The Morgan fingerprint density at radius 1 is 1.03 bits per heavy atom. The third-order valence-corrected chi connectivity index (χ3v) is 6.37. The first-order valence-electron chi connectivity index (χ1n) is 10.3. The van der Waals surface area contributed by atoms with Crippen LogP contribution in [-0.4, -0.2) is 47.7 Å². The molecule has 3 heterocycles. The molecule has 1 saturated heterocycles. The topological polar surface area (TPSA) is 56.6 Å². The fraction of sp³-hybridized carbons (Fsp3) is 0.333. The van der Waals surface area contributed by atoms with E-state index < -0.39 is 0 Å². The van der Waals surface area contributed by atoms with Crippen molar-refractivity contribution in [2.45, 2.75) is 18.9 Å². The number of hydrogen-bond donors (Lipinski definition) is 0. The number of imidazole rings is 1. The SMILES string of the molecule is COc1ccc(C(=O)N2C[C@@H]3CCn4c(-c5cccc(OC)c5)cnc4[C@H]3C2)cc1. The summed E-state index contributed by atoms with van der Waals surface area (Å²) in [5.41, 5.74) is 2.92. The van der Waals surface area contributed by atoms with Gasteiger partial charge in [0.2, 0.25) is 0 Å². The van der Waals surface area contributed by atoms with Crippen molar-refractivity contribution in [2.24, 2.45) is 5.92 Å². The van der Waals surface area contributed by atoms with E-state index in [9.17, 15) is 4.79 Å². The zero-order valence-corrected chi connectivity index (χ0v) is 17.2. The number of amides is 1. The Morgan fingerprint density at radius 2 is 1.83 bits per heavy atom. The Labute approximate surface area is 176 Å². The summed E-state index contributed by atoms with van der Waals surface area (Å²) in [6, 6.07) is 15.4. The Morgan fingerprint density at radius 3 is 2.60 bits per heavy atom. The number of benzene rings is 2. The molecule has 0 spiro atoms. The molecule has 0 unspecified atom stereocenters. The lowest BCUT2D eigenvalue weighted by molar-refractivity contribution is 0.0785. The highest BCUT2D eigenvalue weighted by Crippen LogP contribution is 2.41. The lowest BCUT2D eigenvalue weighted by Crippen LogP contribution is -2.28. The van der Waals surface area contributed by atoms with Crippen LogP contribution in [0.3, 0.4) is 0 Å². The molecule has 2 atom stereocenters. The minimum absolute atomic E-state index is 0.0816. The van der Waals surface area contributed by atoms with Crippen LogP contribution in [0.4, 0.5) is 0 Å². The standard InChI is InChI=1S/C24H25N3O3/c1-29-19-8-6-16(7-9-19)24(28)26-14-18-10-11-27-22(13-25-23(27)21(18)15-26)17-4-3-5-20(12-17)30-2/h3-9,12-13,18,21H,10-11,14-15H2,1-2H3/t18-,21-/m0/s1. The van der Waals surface area contributed by atoms with Crippen molar-refractivity contribution >= 4 is 5.91 Å². The molecule has 1 fully saturated rings. The lowest BCUT2D eigenvalue weighted by Gasteiger charge is -2.26. The van der Waals surface area contributed by atoms with Crippen LogP contribution in [0.25, 0.3) is 11.3 Å². The van der Waals surface area contributed by atoms with E-state index in [0.717, 1.165) is 48.1 Å². The van der Waals surface area contributed by atoms with Gasteiger partial charge in [0.25, 0.3) is 5.91 Å². The highest BCUT2D eigenvalue weighted by molar-refractivity contribution is 5.94. The van der Waals surface area contributed by atoms with Gasteiger partial charge >= 0.3 is 0 Å². The predicted molar refractivity (Wildman–Crippen MR) is 114 cm³/mol. The molecule has 154 valence electrons. The van der Waals surface area contributed by atoms with E-state index in [0.29, 0.717) is 18.0 Å². The molecule has 0 N–H and O–H groups in total. The van der Waals surface area contributed by atoms with Crippen LogP contribution in [-0.2, 0) is 6.54 Å². The van der Waals surface area contributed by atoms with Gasteiger partial charge in [-0.25, -0.2) is 4.98 Å². The normalized spacial score (nSPS) is 19.9. The van der Waals surface area contributed by atoms with Crippen LogP contribution < -0.4 is 9.47 Å². The van der Waals surface area contributed by atoms with Gasteiger partial charge in [-0.15, -0.1) is 0 Å². The van der Waals surface area contributed by atoms with E-state index in [4.69, 9.17) is 14.5 Å². The van der Waals surface area contributed by atoms with Gasteiger partial charge in [0.15, 0.2) is 0 Å². The first-order valence-corrected chi connectivity index (χ1v) is 10.3. The average Bonchev–Trinajstić information content (AvgIpc) is 3.42. The Kier molecular flexibility index (Phi) is 4.69. The second-order valence-corrected chi connectivity index (χ2v) is 7.98. The van der Waals surface area contributed by atoms with E-state index in [1.807, 2.05) is 53.6 Å². The molecule has 1 aromatic heterocycles. The molecule has 0 bridgehead atoms. The number of methoxy groups -OCH3 is 2. The van der Waals surface area contributed by atoms with E-state index in [1.54, 1.807) is 14.2 Å². The Bertz CT molecular complexity index is 1070. The van der Waals surface area contributed by atoms with Crippen molar-refractivity contribution in [3.05, 3.63) is 66.1 Å². The summed E-state index contributed by atoms with van der Waals surface area (Å²) in [5, 5.41) is 0. The minimum atomic E-state index is 0.0816. The van der Waals surface area contributed by atoms with Gasteiger partial charge in [-0.3, -0.25) is 4.79 Å². The second-order valence-electron chi connectivity index (χ2n) is 7.98. The van der Waals surface area contributed by atoms with Crippen molar-refractivity contribution < 1.29 is 14.3 Å². The van der Waals surface area contributed by atoms with Crippen LogP contribution in [0.2, 0.25) is 0 Å². The van der Waals surface area contributed by atoms with E-state index in [2.05, 4.69) is 10.6 Å². The maximum atomic E-state index is 13.0. The molecule has 6 nitrogen and oxygen atoms in total. The number of ether oxygens (including phenoxy) is 2. The lowest BCUT2D eigenvalue weighted by atomic mass is 9.89. The van der Waals surface area contributed by atoms with Crippen molar-refractivity contribution in [2.75, 3.05) is 27.3 Å². The number of hydrogen-bond acceptors (Lipinski definition) is 4. The highest BCUT2D eigenvalue weighted by Gasteiger charge is 2.41. The molecule has 0 aliphatic carbocycles. The number of fused-ring (bicyclic) bond motifs is 3. The number of carbonyl (C=O) groups excluding carboxylic acids is 1. The first-order chi connectivity index (χ1) is 14.7. The molecule has 2 aliphatic rings. The molecule has 30 heavy (non-hydrogen) atoms. The number of carbonyl (C=O) groups is 1. The third-order valence-electron chi connectivity index (χ3n) is 6.37. The fourth-order valence-electron chi connectivity index (χ4n) is 4.77. The van der Waals surface area contributed by atoms with Crippen LogP contribution in [0.1, 0.15) is 28.5 Å². The molecule has 3 aromatic rings. The summed E-state index contributed by atoms with van der Waals surface area (Å²) in [7, 11) is 3.31. The van der Waals surface area contributed by atoms with Crippen LogP contribution in [0, 0.1) is 5.92 Å². The zero-order valence-electron chi connectivity index (χ0n) is 17.2. The van der Waals surface area contributed by atoms with Gasteiger partial charge in [-0.1, -0.05) is 12.1 Å². The maximum Gasteiger partial charge on any atom is 0.253 e. The van der Waals surface area contributed by atoms with E-state index in [-0.39, 0.29) is 11.8 Å². The average molecular weight is 403 g/mol. The van der Waals surface area contributed by atoms with Crippen molar-refractivity contribution in [3.8, 4) is 22.8 Å². The molecule has 5 rings (SSSR count). The maximum absolute atomic E-state index is 13.0. The molecular formula is C24H25N3O3. The number of nitrogens with zero attached hydrogens (tertiary/aromatic N) is 3. The molecular weight excluding hydrogens is 378 g/mol. The van der Waals surface area contributed by atoms with Gasteiger partial charge in [0.1, 0.15) is 17.3 Å². The van der Waals surface area contributed by atoms with Gasteiger partial charge in [0.05, 0.1) is 26.1 Å². The summed E-state index contributed by atoms with van der Waals surface area (Å²) < 4.78 is 12.9. The van der Waals surface area contributed by atoms with E-state index >= 15 is 0 Å². The quantitative estimate of drug-likeness (QED) is 0.664. The van der Waals surface area contributed by atoms with Gasteiger partial charge in [-0.2, -0.15) is 0 Å². The number of aromatic nitrogens is 2. The largest absolute Gasteiger partial charge is 0.497 e. The molecule has 0 saturated carbocycles. The van der Waals surface area contributed by atoms with E-state index in [1.165, 1.54) is 0 Å². The predicted octanol–water partition coefficient (Wildman–Crippen LogP) is 3.83. The van der Waals surface area contributed by atoms with Crippen molar-refractivity contribution in [3.63, 3.8) is 0 Å². The van der Waals surface area contributed by atoms with Gasteiger partial charge in [0, 0.05) is 36.7 Å². The first kappa shape index (κ1) is 18.7. The minimum Gasteiger partial charge on any atom is -0.497 e. The van der Waals surface area contributed by atoms with Crippen LogP contribution in [0.15, 0.2) is 54.7 Å². The highest BCUT2D eigenvalue weighted by atomic mass is 16.5. The Balaban J connectivity index is 1.39. The monoisotopic (exact) mass is 403 g/mol. The molecule has 2 aromatic carbocycles. The summed E-state index contributed by atoms with van der Waals surface area (Å²) in [6.45, 7) is 2.43. The third kappa shape index (κ3) is 3.12. The summed E-state index contributed by atoms with van der Waals surface area (Å²) >= 11 is 0. The van der Waals surface area contributed by atoms with Gasteiger partial charge in [-0.05, 0) is 48.7 Å². The van der Waals surface area contributed by atoms with Crippen molar-refractivity contribution in [1.82, 2.24) is 14.5 Å². The van der Waals surface area contributed by atoms with Crippen LogP contribution in [0.5, 0.6) is 11.5 Å². The Hall–Kier alpha value is -3.28. The number of rotatable bonds is 4. The summed E-state index contributed by atoms with van der Waals surface area (Å²) in [4.78, 5) is 19.8. The van der Waals surface area contributed by atoms with Gasteiger partial charge < -0.3 is 18.9 Å².